The lowest BCUT2D eigenvalue weighted by molar-refractivity contribution is -0.0492. The molecule has 5 nitrogen and oxygen atoms in total. The van der Waals surface area contributed by atoms with Crippen molar-refractivity contribution in [2.75, 3.05) is 4.72 Å². The molecule has 6 heteroatoms. The van der Waals surface area contributed by atoms with Crippen molar-refractivity contribution in [3.05, 3.63) is 42.1 Å². The summed E-state index contributed by atoms with van der Waals surface area (Å²) in [5, 5.41) is 4.67. The molecule has 4 aliphatic carbocycles. The fraction of sp³-hybridized carbons (Fsp3) is 0.571. The van der Waals surface area contributed by atoms with E-state index in [9.17, 15) is 8.42 Å². The molecule has 0 saturated heterocycles. The Labute approximate surface area is 161 Å². The zero-order valence-corrected chi connectivity index (χ0v) is 16.6. The van der Waals surface area contributed by atoms with E-state index in [2.05, 4.69) is 21.4 Å². The molecular weight excluding hydrogens is 358 g/mol. The van der Waals surface area contributed by atoms with Gasteiger partial charge in [-0.1, -0.05) is 19.1 Å². The van der Waals surface area contributed by atoms with Gasteiger partial charge in [0.15, 0.2) is 5.82 Å². The standard InChI is InChI=1S/C21H27N3O2S/c1-2-15-3-5-19(6-4-15)27(25,26)23-20-7-8-24(22-20)21-12-16-9-17(13-21)11-18(10-16)14-21/h3-8,16-18H,2,9-14H2,1H3,(H,22,23). The maximum atomic E-state index is 12.7. The lowest BCUT2D eigenvalue weighted by atomic mass is 9.53. The van der Waals surface area contributed by atoms with Crippen LogP contribution in [0.1, 0.15) is 51.0 Å². The van der Waals surface area contributed by atoms with E-state index in [0.717, 1.165) is 29.7 Å². The van der Waals surface area contributed by atoms with Gasteiger partial charge in [-0.15, -0.1) is 0 Å². The van der Waals surface area contributed by atoms with Crippen molar-refractivity contribution < 1.29 is 8.42 Å². The van der Waals surface area contributed by atoms with Crippen LogP contribution < -0.4 is 4.72 Å². The van der Waals surface area contributed by atoms with E-state index in [1.165, 1.54) is 38.5 Å². The van der Waals surface area contributed by atoms with Crippen molar-refractivity contribution in [3.63, 3.8) is 0 Å². The smallest absolute Gasteiger partial charge is 0.263 e. The Balaban J connectivity index is 1.38. The van der Waals surface area contributed by atoms with E-state index >= 15 is 0 Å². The molecule has 0 aliphatic heterocycles. The minimum atomic E-state index is -3.61. The molecule has 0 atom stereocenters. The second-order valence-corrected chi connectivity index (χ2v) is 10.6. The van der Waals surface area contributed by atoms with Gasteiger partial charge in [-0.25, -0.2) is 8.42 Å². The minimum Gasteiger partial charge on any atom is -0.264 e. The average molecular weight is 386 g/mol. The number of anilines is 1. The number of sulfonamides is 1. The summed E-state index contributed by atoms with van der Waals surface area (Å²) >= 11 is 0. The van der Waals surface area contributed by atoms with Crippen LogP contribution in [0.25, 0.3) is 0 Å². The SMILES string of the molecule is CCc1ccc(S(=O)(=O)Nc2ccn(C34CC5CC(CC(C5)C3)C4)n2)cc1. The molecule has 4 bridgehead atoms. The van der Waals surface area contributed by atoms with Crippen molar-refractivity contribution in [3.8, 4) is 0 Å². The van der Waals surface area contributed by atoms with E-state index in [4.69, 9.17) is 0 Å². The molecule has 0 radical (unpaired) electrons. The molecule has 0 amide bonds. The number of nitrogens with zero attached hydrogens (tertiary/aromatic N) is 2. The van der Waals surface area contributed by atoms with E-state index in [0.29, 0.717) is 5.82 Å². The van der Waals surface area contributed by atoms with Gasteiger partial charge in [0.05, 0.1) is 10.4 Å². The molecule has 27 heavy (non-hydrogen) atoms. The number of benzene rings is 1. The molecule has 1 aromatic heterocycles. The van der Waals surface area contributed by atoms with Gasteiger partial charge in [0.1, 0.15) is 0 Å². The number of rotatable bonds is 5. The normalized spacial score (nSPS) is 32.0. The fourth-order valence-electron chi connectivity index (χ4n) is 6.09. The molecule has 0 spiro atoms. The van der Waals surface area contributed by atoms with Gasteiger partial charge in [-0.3, -0.25) is 9.40 Å². The van der Waals surface area contributed by atoms with Crippen LogP contribution in [0.4, 0.5) is 5.82 Å². The van der Waals surface area contributed by atoms with Gasteiger partial charge in [-0.2, -0.15) is 5.10 Å². The van der Waals surface area contributed by atoms with Crippen LogP contribution in [0.2, 0.25) is 0 Å². The molecular formula is C21H27N3O2S. The number of aryl methyl sites for hydroxylation is 1. The highest BCUT2D eigenvalue weighted by atomic mass is 32.2. The Morgan fingerprint density at radius 1 is 1.04 bits per heavy atom. The lowest BCUT2D eigenvalue weighted by Gasteiger charge is -2.56. The molecule has 6 rings (SSSR count). The first-order chi connectivity index (χ1) is 13.0. The van der Waals surface area contributed by atoms with Crippen molar-refractivity contribution in [1.82, 2.24) is 9.78 Å². The quantitative estimate of drug-likeness (QED) is 0.840. The maximum absolute atomic E-state index is 12.7. The second-order valence-electron chi connectivity index (χ2n) is 8.89. The Bertz CT molecular complexity index is 911. The molecule has 0 unspecified atom stereocenters. The van der Waals surface area contributed by atoms with Crippen LogP contribution in [0, 0.1) is 17.8 Å². The third-order valence-electron chi connectivity index (χ3n) is 6.96. The topological polar surface area (TPSA) is 64.0 Å². The third-order valence-corrected chi connectivity index (χ3v) is 8.33. The molecule has 1 aromatic carbocycles. The number of nitrogens with one attached hydrogen (secondary N) is 1. The predicted molar refractivity (Wildman–Crippen MR) is 105 cm³/mol. The summed E-state index contributed by atoms with van der Waals surface area (Å²) in [4.78, 5) is 0.282. The van der Waals surface area contributed by atoms with Gasteiger partial charge in [0, 0.05) is 12.3 Å². The highest BCUT2D eigenvalue weighted by Gasteiger charge is 2.52. The molecule has 144 valence electrons. The molecule has 1 heterocycles. The van der Waals surface area contributed by atoms with Gasteiger partial charge in [0.2, 0.25) is 0 Å². The van der Waals surface area contributed by atoms with E-state index in [-0.39, 0.29) is 10.4 Å². The Hall–Kier alpha value is -1.82. The monoisotopic (exact) mass is 385 g/mol. The number of hydrogen-bond donors (Lipinski definition) is 1. The summed E-state index contributed by atoms with van der Waals surface area (Å²) < 4.78 is 30.1. The molecule has 4 aliphatic rings. The molecule has 2 aromatic rings. The van der Waals surface area contributed by atoms with Crippen LogP contribution in [0.5, 0.6) is 0 Å². The Morgan fingerprint density at radius 2 is 1.63 bits per heavy atom. The van der Waals surface area contributed by atoms with Gasteiger partial charge >= 0.3 is 0 Å². The zero-order valence-electron chi connectivity index (χ0n) is 15.8. The van der Waals surface area contributed by atoms with Crippen molar-refractivity contribution in [2.24, 2.45) is 17.8 Å². The maximum Gasteiger partial charge on any atom is 0.263 e. The summed E-state index contributed by atoms with van der Waals surface area (Å²) in [5.74, 6) is 2.92. The number of aromatic nitrogens is 2. The predicted octanol–water partition coefficient (Wildman–Crippen LogP) is 4.17. The van der Waals surface area contributed by atoms with Gasteiger partial charge in [-0.05, 0) is 80.4 Å². The highest BCUT2D eigenvalue weighted by Crippen LogP contribution is 2.58. The van der Waals surface area contributed by atoms with E-state index in [1.54, 1.807) is 18.2 Å². The minimum absolute atomic E-state index is 0.112. The summed E-state index contributed by atoms with van der Waals surface area (Å²) in [6.07, 6.45) is 10.6. The fourth-order valence-corrected chi connectivity index (χ4v) is 7.09. The third kappa shape index (κ3) is 2.98. The molecule has 1 N–H and O–H groups in total. The lowest BCUT2D eigenvalue weighted by Crippen LogP contribution is -2.52. The Morgan fingerprint density at radius 3 is 2.19 bits per heavy atom. The zero-order chi connectivity index (χ0) is 18.6. The van der Waals surface area contributed by atoms with E-state index in [1.807, 2.05) is 18.3 Å². The average Bonchev–Trinajstić information content (AvgIpc) is 3.09. The van der Waals surface area contributed by atoms with Crippen LogP contribution in [0.15, 0.2) is 41.4 Å². The van der Waals surface area contributed by atoms with Crippen LogP contribution >= 0.6 is 0 Å². The van der Waals surface area contributed by atoms with Gasteiger partial charge in [0.25, 0.3) is 10.0 Å². The largest absolute Gasteiger partial charge is 0.264 e. The van der Waals surface area contributed by atoms with Crippen LogP contribution in [0.3, 0.4) is 0 Å². The highest BCUT2D eigenvalue weighted by molar-refractivity contribution is 7.92. The van der Waals surface area contributed by atoms with Crippen molar-refractivity contribution in [1.29, 1.82) is 0 Å². The van der Waals surface area contributed by atoms with Crippen molar-refractivity contribution in [2.45, 2.75) is 62.3 Å². The summed E-state index contributed by atoms with van der Waals surface area (Å²) in [6.45, 7) is 2.05. The second kappa shape index (κ2) is 6.09. The van der Waals surface area contributed by atoms with Crippen LogP contribution in [-0.4, -0.2) is 18.2 Å². The number of hydrogen-bond acceptors (Lipinski definition) is 3. The van der Waals surface area contributed by atoms with Gasteiger partial charge < -0.3 is 0 Å². The molecule has 4 fully saturated rings. The first-order valence-corrected chi connectivity index (χ1v) is 11.6. The first-order valence-electron chi connectivity index (χ1n) is 10.1. The first kappa shape index (κ1) is 17.3. The summed E-state index contributed by atoms with van der Waals surface area (Å²) in [6, 6.07) is 8.86. The van der Waals surface area contributed by atoms with Crippen molar-refractivity contribution >= 4 is 15.8 Å². The Kier molecular flexibility index (Phi) is 3.90. The molecule has 4 saturated carbocycles. The van der Waals surface area contributed by atoms with E-state index < -0.39 is 10.0 Å². The van der Waals surface area contributed by atoms with Crippen LogP contribution in [-0.2, 0) is 22.0 Å². The summed E-state index contributed by atoms with van der Waals surface area (Å²) in [7, 11) is -3.61. The summed E-state index contributed by atoms with van der Waals surface area (Å²) in [5.41, 5.74) is 1.24.